The van der Waals surface area contributed by atoms with E-state index in [0.29, 0.717) is 45.2 Å². The molecule has 8 heteroatoms. The molecule has 0 aromatic carbocycles. The van der Waals surface area contributed by atoms with Gasteiger partial charge in [0.25, 0.3) is 0 Å². The Kier molecular flexibility index (Phi) is 8.34. The lowest BCUT2D eigenvalue weighted by Crippen LogP contribution is -2.47. The molecule has 0 aromatic heterocycles. The van der Waals surface area contributed by atoms with Crippen molar-refractivity contribution in [2.24, 2.45) is 11.3 Å². The quantitative estimate of drug-likeness (QED) is 0.605. The number of aliphatic carboxylic acids is 1. The third-order valence-electron chi connectivity index (χ3n) is 5.38. The number of carbonyl (C=O) groups excluding carboxylic acids is 1. The Balaban J connectivity index is 2.54. The molecule has 146 valence electrons. The lowest BCUT2D eigenvalue weighted by molar-refractivity contribution is -0.149. The summed E-state index contributed by atoms with van der Waals surface area (Å²) in [4.78, 5) is 23.8. The standard InChI is InChI=1S/C17H32N2O5S/c1-4-7-12-25(23,24)19-10-8-14(9-11-19)15(20)18-13-17(5-2,6-3)16(21)22/h14H,4-13H2,1-3H3,(H,18,20)(H,21,22). The minimum atomic E-state index is -3.23. The molecule has 1 rings (SSSR count). The summed E-state index contributed by atoms with van der Waals surface area (Å²) < 4.78 is 25.9. The molecule has 0 radical (unpaired) electrons. The van der Waals surface area contributed by atoms with Crippen molar-refractivity contribution in [2.45, 2.75) is 59.3 Å². The normalized spacial score (nSPS) is 17.4. The molecule has 0 aromatic rings. The molecule has 1 amide bonds. The summed E-state index contributed by atoms with van der Waals surface area (Å²) in [7, 11) is -3.23. The van der Waals surface area contributed by atoms with Crippen molar-refractivity contribution < 1.29 is 23.1 Å². The van der Waals surface area contributed by atoms with Crippen LogP contribution in [0.4, 0.5) is 0 Å². The van der Waals surface area contributed by atoms with Gasteiger partial charge in [0.2, 0.25) is 15.9 Å². The lowest BCUT2D eigenvalue weighted by atomic mass is 9.82. The molecule has 0 spiro atoms. The highest BCUT2D eigenvalue weighted by Gasteiger charge is 2.36. The molecule has 2 N–H and O–H groups in total. The number of carboxylic acid groups (broad SMARTS) is 1. The highest BCUT2D eigenvalue weighted by Crippen LogP contribution is 2.26. The number of sulfonamides is 1. The zero-order valence-corrected chi connectivity index (χ0v) is 16.4. The van der Waals surface area contributed by atoms with Crippen LogP contribution in [0.1, 0.15) is 59.3 Å². The van der Waals surface area contributed by atoms with Crippen molar-refractivity contribution >= 4 is 21.9 Å². The maximum atomic E-state index is 12.4. The van der Waals surface area contributed by atoms with Crippen molar-refractivity contribution in [3.63, 3.8) is 0 Å². The van der Waals surface area contributed by atoms with Crippen LogP contribution < -0.4 is 5.32 Å². The maximum absolute atomic E-state index is 12.4. The molecule has 1 heterocycles. The molecular weight excluding hydrogens is 344 g/mol. The van der Waals surface area contributed by atoms with Crippen LogP contribution in [0.25, 0.3) is 0 Å². The van der Waals surface area contributed by atoms with Crippen LogP contribution in [-0.4, -0.2) is 55.1 Å². The van der Waals surface area contributed by atoms with Gasteiger partial charge in [-0.25, -0.2) is 12.7 Å². The minimum absolute atomic E-state index is 0.114. The Hall–Kier alpha value is -1.15. The van der Waals surface area contributed by atoms with Gasteiger partial charge in [-0.2, -0.15) is 0 Å². The Morgan fingerprint density at radius 3 is 2.16 bits per heavy atom. The number of amides is 1. The molecule has 1 aliphatic heterocycles. The summed E-state index contributed by atoms with van der Waals surface area (Å²) in [6, 6.07) is 0. The average molecular weight is 377 g/mol. The number of nitrogens with zero attached hydrogens (tertiary/aromatic N) is 1. The average Bonchev–Trinajstić information content (AvgIpc) is 2.61. The Morgan fingerprint density at radius 1 is 1.16 bits per heavy atom. The van der Waals surface area contributed by atoms with Gasteiger partial charge in [-0.05, 0) is 32.1 Å². The van der Waals surface area contributed by atoms with Crippen LogP contribution in [0.3, 0.4) is 0 Å². The van der Waals surface area contributed by atoms with E-state index in [1.807, 2.05) is 20.8 Å². The Morgan fingerprint density at radius 2 is 1.72 bits per heavy atom. The number of carboxylic acids is 1. The first-order valence-electron chi connectivity index (χ1n) is 9.21. The fraction of sp³-hybridized carbons (Fsp3) is 0.882. The predicted molar refractivity (Wildman–Crippen MR) is 96.7 cm³/mol. The van der Waals surface area contributed by atoms with Crippen LogP contribution in [0, 0.1) is 11.3 Å². The van der Waals surface area contributed by atoms with Crippen LogP contribution in [0.5, 0.6) is 0 Å². The molecule has 0 saturated carbocycles. The van der Waals surface area contributed by atoms with Gasteiger partial charge in [0, 0.05) is 25.6 Å². The molecule has 1 fully saturated rings. The van der Waals surface area contributed by atoms with E-state index in [9.17, 15) is 23.1 Å². The van der Waals surface area contributed by atoms with Gasteiger partial charge in [0.1, 0.15) is 0 Å². The number of hydrogen-bond acceptors (Lipinski definition) is 4. The highest BCUT2D eigenvalue weighted by atomic mass is 32.2. The largest absolute Gasteiger partial charge is 0.481 e. The predicted octanol–water partition coefficient (Wildman–Crippen LogP) is 1.84. The number of unbranched alkanes of at least 4 members (excludes halogenated alkanes) is 1. The second kappa shape index (κ2) is 9.52. The molecule has 1 aliphatic rings. The number of nitrogens with one attached hydrogen (secondary N) is 1. The van der Waals surface area contributed by atoms with Gasteiger partial charge in [-0.3, -0.25) is 9.59 Å². The van der Waals surface area contributed by atoms with Gasteiger partial charge in [-0.1, -0.05) is 27.2 Å². The van der Waals surface area contributed by atoms with Crippen molar-refractivity contribution in [1.29, 1.82) is 0 Å². The molecule has 25 heavy (non-hydrogen) atoms. The summed E-state index contributed by atoms with van der Waals surface area (Å²) in [6.45, 7) is 6.40. The molecule has 1 saturated heterocycles. The molecule has 0 atom stereocenters. The first-order valence-corrected chi connectivity index (χ1v) is 10.8. The summed E-state index contributed by atoms with van der Waals surface area (Å²) in [5, 5.41) is 12.2. The molecule has 7 nitrogen and oxygen atoms in total. The zero-order chi connectivity index (χ0) is 19.1. The van der Waals surface area contributed by atoms with E-state index in [2.05, 4.69) is 5.32 Å². The van der Waals surface area contributed by atoms with Gasteiger partial charge in [0.15, 0.2) is 0 Å². The summed E-state index contributed by atoms with van der Waals surface area (Å²) in [5.41, 5.74) is -0.931. The third kappa shape index (κ3) is 5.67. The highest BCUT2D eigenvalue weighted by molar-refractivity contribution is 7.89. The van der Waals surface area contributed by atoms with Crippen molar-refractivity contribution in [2.75, 3.05) is 25.4 Å². The molecule has 0 unspecified atom stereocenters. The van der Waals surface area contributed by atoms with Crippen LogP contribution >= 0.6 is 0 Å². The van der Waals surface area contributed by atoms with E-state index < -0.39 is 21.4 Å². The van der Waals surface area contributed by atoms with Gasteiger partial charge >= 0.3 is 5.97 Å². The van der Waals surface area contributed by atoms with Crippen LogP contribution in [0.2, 0.25) is 0 Å². The summed E-state index contributed by atoms with van der Waals surface area (Å²) in [6.07, 6.45) is 3.35. The fourth-order valence-corrected chi connectivity index (χ4v) is 4.81. The molecular formula is C17H32N2O5S. The lowest BCUT2D eigenvalue weighted by Gasteiger charge is -2.32. The Labute approximate surface area is 151 Å². The fourth-order valence-electron chi connectivity index (χ4n) is 3.13. The molecule has 0 bridgehead atoms. The van der Waals surface area contributed by atoms with E-state index in [1.165, 1.54) is 4.31 Å². The maximum Gasteiger partial charge on any atom is 0.311 e. The number of carbonyl (C=O) groups is 2. The van der Waals surface area contributed by atoms with E-state index >= 15 is 0 Å². The number of hydrogen-bond donors (Lipinski definition) is 2. The van der Waals surface area contributed by atoms with Gasteiger partial charge < -0.3 is 10.4 Å². The number of piperidine rings is 1. The van der Waals surface area contributed by atoms with E-state index in [1.54, 1.807) is 0 Å². The number of rotatable bonds is 10. The van der Waals surface area contributed by atoms with Crippen molar-refractivity contribution in [1.82, 2.24) is 9.62 Å². The van der Waals surface area contributed by atoms with Gasteiger partial charge in [-0.15, -0.1) is 0 Å². The second-order valence-corrected chi connectivity index (χ2v) is 8.94. The smallest absolute Gasteiger partial charge is 0.311 e. The van der Waals surface area contributed by atoms with Crippen molar-refractivity contribution in [3.05, 3.63) is 0 Å². The summed E-state index contributed by atoms with van der Waals surface area (Å²) >= 11 is 0. The SMILES string of the molecule is CCCCS(=O)(=O)N1CCC(C(=O)NCC(CC)(CC)C(=O)O)CC1. The van der Waals surface area contributed by atoms with Crippen molar-refractivity contribution in [3.8, 4) is 0 Å². The Bertz CT molecular complexity index is 549. The van der Waals surface area contributed by atoms with Crippen LogP contribution in [0.15, 0.2) is 0 Å². The third-order valence-corrected chi connectivity index (χ3v) is 7.34. The monoisotopic (exact) mass is 376 g/mol. The first kappa shape index (κ1) is 21.9. The van der Waals surface area contributed by atoms with E-state index in [4.69, 9.17) is 0 Å². The second-order valence-electron chi connectivity index (χ2n) is 6.85. The first-order chi connectivity index (χ1) is 11.7. The summed E-state index contributed by atoms with van der Waals surface area (Å²) in [5.74, 6) is -1.15. The van der Waals surface area contributed by atoms with Gasteiger partial charge in [0.05, 0.1) is 11.2 Å². The minimum Gasteiger partial charge on any atom is -0.481 e. The van der Waals surface area contributed by atoms with Crippen LogP contribution in [-0.2, 0) is 19.6 Å². The molecule has 0 aliphatic carbocycles. The topological polar surface area (TPSA) is 104 Å². The zero-order valence-electron chi connectivity index (χ0n) is 15.6. The van der Waals surface area contributed by atoms with E-state index in [0.717, 1.165) is 6.42 Å². The van der Waals surface area contributed by atoms with E-state index in [-0.39, 0.29) is 24.1 Å².